The fourth-order valence-corrected chi connectivity index (χ4v) is 4.18. The number of rotatable bonds is 10. The van der Waals surface area contributed by atoms with Crippen molar-refractivity contribution >= 4 is 17.6 Å². The van der Waals surface area contributed by atoms with Gasteiger partial charge in [0, 0.05) is 57.2 Å². The van der Waals surface area contributed by atoms with Crippen molar-refractivity contribution in [2.75, 3.05) is 52.0 Å². The second-order valence-corrected chi connectivity index (χ2v) is 8.33. The molecule has 4 rings (SSSR count). The Balaban J connectivity index is 1.48. The van der Waals surface area contributed by atoms with Crippen molar-refractivity contribution in [2.45, 2.75) is 32.4 Å². The fraction of sp³-hybridized carbons (Fsp3) is 0.565. The van der Waals surface area contributed by atoms with Gasteiger partial charge < -0.3 is 24.4 Å². The Morgan fingerprint density at radius 3 is 2.79 bits per heavy atom. The average Bonchev–Trinajstić information content (AvgIpc) is 3.28. The van der Waals surface area contributed by atoms with Crippen LogP contribution >= 0.6 is 0 Å². The monoisotopic (exact) mass is 469 g/mol. The number of carbonyl (C=O) groups is 1. The summed E-state index contributed by atoms with van der Waals surface area (Å²) < 4.78 is 15.9. The van der Waals surface area contributed by atoms with E-state index >= 15 is 0 Å². The maximum atomic E-state index is 12.6. The highest BCUT2D eigenvalue weighted by molar-refractivity contribution is 6.04. The van der Waals surface area contributed by atoms with Crippen LogP contribution in [0, 0.1) is 5.92 Å². The number of piperidine rings is 1. The molecule has 11 heteroatoms. The second kappa shape index (κ2) is 11.3. The van der Waals surface area contributed by atoms with Gasteiger partial charge >= 0.3 is 6.01 Å². The Hall–Kier alpha value is -3.18. The van der Waals surface area contributed by atoms with Gasteiger partial charge in [-0.05, 0) is 31.9 Å². The minimum atomic E-state index is -0.399. The summed E-state index contributed by atoms with van der Waals surface area (Å²) in [7, 11) is 3.17. The van der Waals surface area contributed by atoms with Crippen molar-refractivity contribution in [2.24, 2.45) is 10.9 Å². The lowest BCUT2D eigenvalue weighted by Crippen LogP contribution is -2.38. The summed E-state index contributed by atoms with van der Waals surface area (Å²) >= 11 is 0. The molecule has 1 amide bonds. The van der Waals surface area contributed by atoms with Gasteiger partial charge in [-0.15, -0.1) is 0 Å². The number of pyridine rings is 1. The molecule has 1 fully saturated rings. The average molecular weight is 470 g/mol. The molecule has 1 saturated heterocycles. The van der Waals surface area contributed by atoms with Gasteiger partial charge in [0.15, 0.2) is 0 Å². The Bertz CT molecular complexity index is 1020. The van der Waals surface area contributed by atoms with Crippen LogP contribution in [0.5, 0.6) is 6.01 Å². The quantitative estimate of drug-likeness (QED) is 0.512. The predicted molar refractivity (Wildman–Crippen MR) is 125 cm³/mol. The van der Waals surface area contributed by atoms with Gasteiger partial charge in [-0.2, -0.15) is 15.0 Å². The zero-order valence-corrected chi connectivity index (χ0v) is 19.9. The van der Waals surface area contributed by atoms with Crippen molar-refractivity contribution in [3.8, 4) is 6.01 Å². The van der Waals surface area contributed by atoms with E-state index in [0.717, 1.165) is 37.3 Å². The SMILES string of the molecule is COCCNC(=O)c1nc(O[C@H](C)COC)nc(N2CCC(C3=NCc4ncccc43)CC2)n1. The third kappa shape index (κ3) is 5.65. The highest BCUT2D eigenvalue weighted by atomic mass is 16.5. The first-order chi connectivity index (χ1) is 16.6. The van der Waals surface area contributed by atoms with Crippen LogP contribution in [0.3, 0.4) is 0 Å². The number of carbonyl (C=O) groups excluding carboxylic acids is 1. The van der Waals surface area contributed by atoms with Crippen molar-refractivity contribution in [1.29, 1.82) is 0 Å². The van der Waals surface area contributed by atoms with Gasteiger partial charge in [-0.25, -0.2) is 0 Å². The molecule has 0 saturated carbocycles. The summed E-state index contributed by atoms with van der Waals surface area (Å²) in [6, 6.07) is 4.17. The van der Waals surface area contributed by atoms with Gasteiger partial charge in [-0.1, -0.05) is 0 Å². The zero-order valence-electron chi connectivity index (χ0n) is 19.9. The van der Waals surface area contributed by atoms with Crippen LogP contribution in [0.1, 0.15) is 41.6 Å². The van der Waals surface area contributed by atoms with E-state index in [9.17, 15) is 4.79 Å². The number of hydrogen-bond acceptors (Lipinski definition) is 10. The van der Waals surface area contributed by atoms with Crippen LogP contribution in [0.4, 0.5) is 5.95 Å². The molecule has 0 bridgehead atoms. The number of methoxy groups -OCH3 is 2. The lowest BCUT2D eigenvalue weighted by atomic mass is 9.88. The van der Waals surface area contributed by atoms with Crippen molar-refractivity contribution < 1.29 is 19.0 Å². The van der Waals surface area contributed by atoms with Crippen molar-refractivity contribution in [3.05, 3.63) is 35.4 Å². The van der Waals surface area contributed by atoms with Crippen molar-refractivity contribution in [3.63, 3.8) is 0 Å². The van der Waals surface area contributed by atoms with Gasteiger partial charge in [0.05, 0.1) is 25.5 Å². The molecule has 0 aliphatic carbocycles. The first-order valence-electron chi connectivity index (χ1n) is 11.5. The number of amides is 1. The maximum Gasteiger partial charge on any atom is 0.322 e. The molecule has 2 aromatic rings. The molecule has 2 aliphatic heterocycles. The van der Waals surface area contributed by atoms with E-state index in [1.165, 1.54) is 5.56 Å². The summed E-state index contributed by atoms with van der Waals surface area (Å²) in [6.45, 7) is 5.11. The first-order valence-corrected chi connectivity index (χ1v) is 11.5. The summed E-state index contributed by atoms with van der Waals surface area (Å²) in [5.41, 5.74) is 3.36. The number of hydrogen-bond donors (Lipinski definition) is 1. The molecule has 34 heavy (non-hydrogen) atoms. The minimum absolute atomic E-state index is 0.0167. The molecular weight excluding hydrogens is 438 g/mol. The van der Waals surface area contributed by atoms with Gasteiger partial charge in [0.1, 0.15) is 6.10 Å². The number of ether oxygens (including phenoxy) is 3. The van der Waals surface area contributed by atoms with Crippen LogP contribution in [0.2, 0.25) is 0 Å². The number of fused-ring (bicyclic) bond motifs is 1. The maximum absolute atomic E-state index is 12.6. The molecule has 2 aromatic heterocycles. The minimum Gasteiger partial charge on any atom is -0.458 e. The summed E-state index contributed by atoms with van der Waals surface area (Å²) in [5, 5.41) is 2.75. The first kappa shape index (κ1) is 24.0. The lowest BCUT2D eigenvalue weighted by Gasteiger charge is -2.32. The number of aliphatic imine (C=N–C) groups is 1. The smallest absolute Gasteiger partial charge is 0.322 e. The third-order valence-corrected chi connectivity index (χ3v) is 5.84. The molecule has 1 atom stereocenters. The standard InChI is InChI=1S/C23H31N7O4/c1-15(14-33-3)34-23-28-20(21(31)25-9-12-32-2)27-22(29-23)30-10-6-16(7-11-30)19-17-5-4-8-24-18(17)13-26-19/h4-5,8,15-16H,6-7,9-14H2,1-3H3,(H,25,31)/t15-/m1/s1. The van der Waals surface area contributed by atoms with E-state index in [-0.39, 0.29) is 17.9 Å². The third-order valence-electron chi connectivity index (χ3n) is 5.84. The Morgan fingerprint density at radius 1 is 1.21 bits per heavy atom. The Labute approximate surface area is 199 Å². The van der Waals surface area contributed by atoms with E-state index in [0.29, 0.717) is 38.2 Å². The lowest BCUT2D eigenvalue weighted by molar-refractivity contribution is 0.0836. The highest BCUT2D eigenvalue weighted by Gasteiger charge is 2.30. The van der Waals surface area contributed by atoms with Crippen LogP contribution in [0.25, 0.3) is 0 Å². The van der Waals surface area contributed by atoms with Gasteiger partial charge in [0.25, 0.3) is 5.91 Å². The number of nitrogens with zero attached hydrogens (tertiary/aromatic N) is 6. The number of anilines is 1. The van der Waals surface area contributed by atoms with Crippen LogP contribution < -0.4 is 15.0 Å². The van der Waals surface area contributed by atoms with E-state index in [4.69, 9.17) is 19.2 Å². The topological polar surface area (TPSA) is 124 Å². The predicted octanol–water partition coefficient (Wildman–Crippen LogP) is 1.28. The van der Waals surface area contributed by atoms with Gasteiger partial charge in [0.2, 0.25) is 11.8 Å². The molecule has 11 nitrogen and oxygen atoms in total. The Morgan fingerprint density at radius 2 is 2.03 bits per heavy atom. The fourth-order valence-electron chi connectivity index (χ4n) is 4.18. The molecule has 182 valence electrons. The van der Waals surface area contributed by atoms with Crippen LogP contribution in [-0.2, 0) is 16.0 Å². The van der Waals surface area contributed by atoms with E-state index < -0.39 is 5.91 Å². The molecule has 1 N–H and O–H groups in total. The summed E-state index contributed by atoms with van der Waals surface area (Å²) in [5.74, 6) is 0.408. The van der Waals surface area contributed by atoms with Crippen molar-refractivity contribution in [1.82, 2.24) is 25.3 Å². The summed E-state index contributed by atoms with van der Waals surface area (Å²) in [4.78, 5) is 37.1. The van der Waals surface area contributed by atoms with Gasteiger partial charge in [-0.3, -0.25) is 14.8 Å². The summed E-state index contributed by atoms with van der Waals surface area (Å²) in [6.07, 6.45) is 3.36. The molecule has 4 heterocycles. The van der Waals surface area contributed by atoms with E-state index in [1.54, 1.807) is 14.2 Å². The highest BCUT2D eigenvalue weighted by Crippen LogP contribution is 2.29. The largest absolute Gasteiger partial charge is 0.458 e. The normalized spacial score (nSPS) is 16.7. The van der Waals surface area contributed by atoms with Crippen LogP contribution in [-0.4, -0.2) is 84.7 Å². The number of aromatic nitrogens is 4. The molecule has 0 spiro atoms. The second-order valence-electron chi connectivity index (χ2n) is 8.33. The number of nitrogens with one attached hydrogen (secondary N) is 1. The molecule has 0 radical (unpaired) electrons. The zero-order chi connectivity index (χ0) is 23.9. The van der Waals surface area contributed by atoms with E-state index in [2.05, 4.69) is 36.2 Å². The van der Waals surface area contributed by atoms with Crippen LogP contribution in [0.15, 0.2) is 23.3 Å². The Kier molecular flexibility index (Phi) is 7.96. The van der Waals surface area contributed by atoms with E-state index in [1.807, 2.05) is 19.2 Å². The molecule has 0 aromatic carbocycles. The molecule has 2 aliphatic rings. The molecular formula is C23H31N7O4. The molecule has 0 unspecified atom stereocenters.